The van der Waals surface area contributed by atoms with E-state index in [1.807, 2.05) is 83.8 Å². The average Bonchev–Trinajstić information content (AvgIpc) is 2.87. The summed E-state index contributed by atoms with van der Waals surface area (Å²) in [5.74, 6) is -0.624. The van der Waals surface area contributed by atoms with Gasteiger partial charge in [-0.15, -0.1) is 0 Å². The monoisotopic (exact) mass is 359 g/mol. The number of rotatable bonds is 3. The van der Waals surface area contributed by atoms with Crippen molar-refractivity contribution >= 4 is 11.7 Å². The molecule has 1 N–H and O–H groups in total. The summed E-state index contributed by atoms with van der Waals surface area (Å²) in [6.45, 7) is 0.705. The fourth-order valence-corrected chi connectivity index (χ4v) is 3.74. The number of hydrogen-bond acceptors (Lipinski definition) is 4. The van der Waals surface area contributed by atoms with Crippen LogP contribution in [0, 0.1) is 0 Å². The fourth-order valence-electron chi connectivity index (χ4n) is 3.74. The van der Waals surface area contributed by atoms with Crippen molar-refractivity contribution < 1.29 is 14.6 Å². The number of aliphatic hydroxyl groups is 1. The number of esters is 1. The van der Waals surface area contributed by atoms with E-state index in [1.165, 1.54) is 0 Å². The van der Waals surface area contributed by atoms with E-state index in [9.17, 15) is 9.90 Å². The first-order valence-electron chi connectivity index (χ1n) is 9.03. The minimum Gasteiger partial charge on any atom is -0.461 e. The van der Waals surface area contributed by atoms with E-state index in [1.54, 1.807) is 12.1 Å². The van der Waals surface area contributed by atoms with Crippen LogP contribution >= 0.6 is 0 Å². The van der Waals surface area contributed by atoms with Gasteiger partial charge in [-0.05, 0) is 23.3 Å². The first kappa shape index (κ1) is 17.3. The Hall–Kier alpha value is -3.11. The van der Waals surface area contributed by atoms with Crippen molar-refractivity contribution in [1.82, 2.24) is 0 Å². The Balaban J connectivity index is 1.94. The Morgan fingerprint density at radius 1 is 0.852 bits per heavy atom. The molecule has 1 heterocycles. The lowest BCUT2D eigenvalue weighted by molar-refractivity contribution is -0.166. The molecule has 0 amide bonds. The highest BCUT2D eigenvalue weighted by Crippen LogP contribution is 2.43. The quantitative estimate of drug-likeness (QED) is 0.725. The van der Waals surface area contributed by atoms with Crippen LogP contribution in [0.2, 0.25) is 0 Å². The van der Waals surface area contributed by atoms with Gasteiger partial charge in [-0.1, -0.05) is 78.9 Å². The molecule has 0 spiro atoms. The zero-order valence-electron chi connectivity index (χ0n) is 14.9. The normalized spacial score (nSPS) is 22.8. The van der Waals surface area contributed by atoms with E-state index >= 15 is 0 Å². The molecule has 1 saturated heterocycles. The zero-order valence-corrected chi connectivity index (χ0v) is 14.9. The molecule has 0 saturated carbocycles. The summed E-state index contributed by atoms with van der Waals surface area (Å²) in [6.07, 6.45) is 0. The van der Waals surface area contributed by atoms with E-state index in [-0.39, 0.29) is 6.61 Å². The smallest absolute Gasteiger partial charge is 0.345 e. The fraction of sp³-hybridized carbons (Fsp3) is 0.174. The number of para-hydroxylation sites is 1. The molecule has 4 nitrogen and oxygen atoms in total. The highest BCUT2D eigenvalue weighted by molar-refractivity contribution is 5.84. The van der Waals surface area contributed by atoms with Crippen molar-refractivity contribution in [3.8, 4) is 0 Å². The topological polar surface area (TPSA) is 49.8 Å². The molecule has 3 aromatic carbocycles. The molecule has 2 atom stereocenters. The van der Waals surface area contributed by atoms with Crippen molar-refractivity contribution in [1.29, 1.82) is 0 Å². The third kappa shape index (κ3) is 3.09. The maximum Gasteiger partial charge on any atom is 0.345 e. The number of nitrogens with zero attached hydrogens (tertiary/aromatic N) is 1. The van der Waals surface area contributed by atoms with Crippen LogP contribution in [0.3, 0.4) is 0 Å². The Bertz CT molecular complexity index is 899. The number of anilines is 1. The van der Waals surface area contributed by atoms with Gasteiger partial charge < -0.3 is 14.7 Å². The van der Waals surface area contributed by atoms with Gasteiger partial charge in [-0.2, -0.15) is 0 Å². The lowest BCUT2D eigenvalue weighted by Crippen LogP contribution is -2.48. The molecule has 0 bridgehead atoms. The number of carbonyl (C=O) groups excluding carboxylic acids is 1. The van der Waals surface area contributed by atoms with Crippen LogP contribution in [0.15, 0.2) is 91.0 Å². The number of benzene rings is 3. The van der Waals surface area contributed by atoms with Gasteiger partial charge in [0.2, 0.25) is 5.60 Å². The molecule has 1 fully saturated rings. The second-order valence-corrected chi connectivity index (χ2v) is 6.61. The number of hydrogen-bond donors (Lipinski definition) is 1. The molecule has 0 aromatic heterocycles. The van der Waals surface area contributed by atoms with Crippen molar-refractivity contribution in [2.75, 3.05) is 18.1 Å². The summed E-state index contributed by atoms with van der Waals surface area (Å²) < 4.78 is 5.45. The lowest BCUT2D eigenvalue weighted by Gasteiger charge is -2.40. The highest BCUT2D eigenvalue weighted by Gasteiger charge is 2.52. The molecule has 136 valence electrons. The number of carbonyl (C=O) groups is 1. The van der Waals surface area contributed by atoms with E-state index in [4.69, 9.17) is 4.74 Å². The van der Waals surface area contributed by atoms with Crippen LogP contribution in [0.5, 0.6) is 0 Å². The van der Waals surface area contributed by atoms with Gasteiger partial charge in [0, 0.05) is 5.69 Å². The van der Waals surface area contributed by atoms with Gasteiger partial charge in [0.05, 0.1) is 12.6 Å². The van der Waals surface area contributed by atoms with Crippen LogP contribution in [-0.2, 0) is 15.1 Å². The molecule has 1 aliphatic rings. The third-order valence-corrected chi connectivity index (χ3v) is 5.00. The van der Waals surface area contributed by atoms with Crippen LogP contribution in [0.1, 0.15) is 17.2 Å². The Morgan fingerprint density at radius 2 is 1.41 bits per heavy atom. The van der Waals surface area contributed by atoms with Crippen molar-refractivity contribution in [3.63, 3.8) is 0 Å². The summed E-state index contributed by atoms with van der Waals surface area (Å²) in [4.78, 5) is 15.0. The largest absolute Gasteiger partial charge is 0.461 e. The van der Waals surface area contributed by atoms with Gasteiger partial charge in [-0.3, -0.25) is 0 Å². The Morgan fingerprint density at radius 3 is 2.04 bits per heavy atom. The van der Waals surface area contributed by atoms with Crippen LogP contribution in [0.25, 0.3) is 0 Å². The maximum atomic E-state index is 13.0. The standard InChI is InChI=1S/C23H21NO3/c25-22-23(26,19-12-6-2-7-13-19)21(18-10-4-1-5-11-18)24(16-17-27-22)20-14-8-3-9-15-20/h1-15,21,26H,16-17H2/t21-,23-/m1/s1. The van der Waals surface area contributed by atoms with E-state index in [0.29, 0.717) is 12.1 Å². The summed E-state index contributed by atoms with van der Waals surface area (Å²) >= 11 is 0. The minimum absolute atomic E-state index is 0.214. The molecular formula is C23H21NO3. The SMILES string of the molecule is O=C1OCCN(c2ccccc2)[C@H](c2ccccc2)[C@]1(O)c1ccccc1. The molecule has 0 aliphatic carbocycles. The molecule has 0 unspecified atom stereocenters. The second kappa shape index (κ2) is 7.25. The minimum atomic E-state index is -1.82. The summed E-state index contributed by atoms with van der Waals surface area (Å²) in [5, 5.41) is 11.8. The van der Waals surface area contributed by atoms with Gasteiger partial charge in [0.25, 0.3) is 0 Å². The van der Waals surface area contributed by atoms with Gasteiger partial charge in [0.1, 0.15) is 6.61 Å². The Labute approximate surface area is 158 Å². The van der Waals surface area contributed by atoms with E-state index in [2.05, 4.69) is 0 Å². The van der Waals surface area contributed by atoms with E-state index < -0.39 is 17.6 Å². The van der Waals surface area contributed by atoms with Crippen molar-refractivity contribution in [2.24, 2.45) is 0 Å². The molecule has 0 radical (unpaired) electrons. The van der Waals surface area contributed by atoms with Gasteiger partial charge in [-0.25, -0.2) is 4.79 Å². The first-order valence-corrected chi connectivity index (χ1v) is 9.03. The van der Waals surface area contributed by atoms with Crippen LogP contribution < -0.4 is 4.90 Å². The first-order chi connectivity index (χ1) is 13.2. The van der Waals surface area contributed by atoms with Crippen molar-refractivity contribution in [2.45, 2.75) is 11.6 Å². The van der Waals surface area contributed by atoms with Gasteiger partial charge >= 0.3 is 5.97 Å². The number of cyclic esters (lactones) is 1. The van der Waals surface area contributed by atoms with Crippen molar-refractivity contribution in [3.05, 3.63) is 102 Å². The summed E-state index contributed by atoms with van der Waals surface area (Å²) in [5.41, 5.74) is 0.479. The molecule has 27 heavy (non-hydrogen) atoms. The summed E-state index contributed by atoms with van der Waals surface area (Å²) in [7, 11) is 0. The zero-order chi connectivity index (χ0) is 18.7. The summed E-state index contributed by atoms with van der Waals surface area (Å²) in [6, 6.07) is 27.9. The molecule has 4 heteroatoms. The second-order valence-electron chi connectivity index (χ2n) is 6.61. The highest BCUT2D eigenvalue weighted by atomic mass is 16.6. The van der Waals surface area contributed by atoms with E-state index in [0.717, 1.165) is 11.3 Å². The average molecular weight is 359 g/mol. The maximum absolute atomic E-state index is 13.0. The lowest BCUT2D eigenvalue weighted by atomic mass is 9.81. The predicted molar refractivity (Wildman–Crippen MR) is 104 cm³/mol. The van der Waals surface area contributed by atoms with Gasteiger partial charge in [0.15, 0.2) is 0 Å². The molecule has 1 aliphatic heterocycles. The Kier molecular flexibility index (Phi) is 4.65. The predicted octanol–water partition coefficient (Wildman–Crippen LogP) is 3.68. The third-order valence-electron chi connectivity index (χ3n) is 5.00. The molecule has 4 rings (SSSR count). The number of ether oxygens (including phenoxy) is 1. The van der Waals surface area contributed by atoms with Crippen LogP contribution in [-0.4, -0.2) is 24.2 Å². The molecular weight excluding hydrogens is 338 g/mol. The molecule has 3 aromatic rings. The van der Waals surface area contributed by atoms with Crippen LogP contribution in [0.4, 0.5) is 5.69 Å².